The first-order chi connectivity index (χ1) is 7.58. The number of benzene rings is 1. The Kier molecular flexibility index (Phi) is 2.92. The van der Waals surface area contributed by atoms with Crippen molar-refractivity contribution in [1.82, 2.24) is 4.98 Å². The topological polar surface area (TPSA) is 22.1 Å². The first-order valence-corrected chi connectivity index (χ1v) is 4.81. The largest absolute Gasteiger partial charge is 0.433 e. The molecule has 2 rings (SSSR count). The fourth-order valence-electron chi connectivity index (χ4n) is 1.38. The van der Waals surface area contributed by atoms with E-state index in [9.17, 15) is 8.78 Å². The molecule has 0 saturated carbocycles. The van der Waals surface area contributed by atoms with Crippen LogP contribution in [0.15, 0.2) is 24.4 Å². The van der Waals surface area contributed by atoms with Gasteiger partial charge in [-0.3, -0.25) is 4.98 Å². The van der Waals surface area contributed by atoms with Crippen molar-refractivity contribution in [2.45, 2.75) is 6.61 Å². The van der Waals surface area contributed by atoms with E-state index in [0.29, 0.717) is 5.52 Å². The molecule has 0 unspecified atom stereocenters. The molecule has 1 heterocycles. The van der Waals surface area contributed by atoms with Crippen molar-refractivity contribution in [3.8, 4) is 5.75 Å². The SMILES string of the molecule is [CH2]c1cnc2c(Cl)c(OC(F)F)ccc2c1. The van der Waals surface area contributed by atoms with Crippen molar-refractivity contribution in [3.05, 3.63) is 41.9 Å². The summed E-state index contributed by atoms with van der Waals surface area (Å²) in [6.07, 6.45) is 1.51. The van der Waals surface area contributed by atoms with E-state index in [1.54, 1.807) is 12.1 Å². The molecular weight excluding hydrogens is 236 g/mol. The lowest BCUT2D eigenvalue weighted by atomic mass is 10.1. The molecule has 5 heteroatoms. The van der Waals surface area contributed by atoms with Crippen molar-refractivity contribution in [2.24, 2.45) is 0 Å². The zero-order chi connectivity index (χ0) is 11.7. The predicted octanol–water partition coefficient (Wildman–Crippen LogP) is 3.67. The molecule has 2 aromatic rings. The Bertz CT molecular complexity index is 531. The van der Waals surface area contributed by atoms with Crippen molar-refractivity contribution >= 4 is 22.5 Å². The van der Waals surface area contributed by atoms with Crippen molar-refractivity contribution < 1.29 is 13.5 Å². The van der Waals surface area contributed by atoms with Gasteiger partial charge in [-0.15, -0.1) is 0 Å². The number of alkyl halides is 2. The summed E-state index contributed by atoms with van der Waals surface area (Å²) in [6, 6.07) is 4.76. The molecule has 0 spiro atoms. The van der Waals surface area contributed by atoms with Gasteiger partial charge in [0.25, 0.3) is 0 Å². The van der Waals surface area contributed by atoms with Crippen molar-refractivity contribution in [1.29, 1.82) is 0 Å². The fourth-order valence-corrected chi connectivity index (χ4v) is 1.65. The van der Waals surface area contributed by atoms with E-state index in [0.717, 1.165) is 10.9 Å². The minimum atomic E-state index is -2.90. The fraction of sp³-hybridized carbons (Fsp3) is 0.0909. The molecule has 0 amide bonds. The highest BCUT2D eigenvalue weighted by molar-refractivity contribution is 6.36. The zero-order valence-electron chi connectivity index (χ0n) is 8.08. The van der Waals surface area contributed by atoms with E-state index >= 15 is 0 Å². The molecule has 2 nitrogen and oxygen atoms in total. The molecule has 0 saturated heterocycles. The van der Waals surface area contributed by atoms with Gasteiger partial charge in [-0.05, 0) is 30.7 Å². The first-order valence-electron chi connectivity index (χ1n) is 4.43. The number of rotatable bonds is 2. The van der Waals surface area contributed by atoms with E-state index in [2.05, 4.69) is 16.6 Å². The van der Waals surface area contributed by atoms with Gasteiger partial charge in [0.15, 0.2) is 0 Å². The maximum Gasteiger partial charge on any atom is 0.387 e. The van der Waals surface area contributed by atoms with Crippen LogP contribution in [0.4, 0.5) is 8.78 Å². The molecule has 0 aliphatic carbocycles. The molecule has 0 bridgehead atoms. The lowest BCUT2D eigenvalue weighted by molar-refractivity contribution is -0.0497. The highest BCUT2D eigenvalue weighted by Crippen LogP contribution is 2.32. The quantitative estimate of drug-likeness (QED) is 0.802. The third-order valence-corrected chi connectivity index (χ3v) is 2.39. The number of nitrogens with zero attached hydrogens (tertiary/aromatic N) is 1. The minimum Gasteiger partial charge on any atom is -0.433 e. The van der Waals surface area contributed by atoms with Crippen LogP contribution in [0.3, 0.4) is 0 Å². The van der Waals surface area contributed by atoms with E-state index in [4.69, 9.17) is 11.6 Å². The third kappa shape index (κ3) is 2.07. The van der Waals surface area contributed by atoms with Gasteiger partial charge < -0.3 is 4.74 Å². The molecule has 0 N–H and O–H groups in total. The average molecular weight is 243 g/mol. The second-order valence-electron chi connectivity index (χ2n) is 3.17. The Morgan fingerprint density at radius 2 is 2.12 bits per heavy atom. The number of aromatic nitrogens is 1. The molecule has 0 aliphatic rings. The number of ether oxygens (including phenoxy) is 1. The van der Waals surface area contributed by atoms with Crippen LogP contribution < -0.4 is 4.74 Å². The van der Waals surface area contributed by atoms with Crippen LogP contribution in [0.5, 0.6) is 5.75 Å². The smallest absolute Gasteiger partial charge is 0.387 e. The van der Waals surface area contributed by atoms with E-state index < -0.39 is 6.61 Å². The lowest BCUT2D eigenvalue weighted by Gasteiger charge is -2.08. The minimum absolute atomic E-state index is 0.0755. The summed E-state index contributed by atoms with van der Waals surface area (Å²) < 4.78 is 28.4. The van der Waals surface area contributed by atoms with E-state index in [-0.39, 0.29) is 10.8 Å². The van der Waals surface area contributed by atoms with Gasteiger partial charge in [0, 0.05) is 11.6 Å². The molecule has 16 heavy (non-hydrogen) atoms. The first kappa shape index (κ1) is 11.1. The number of fused-ring (bicyclic) bond motifs is 1. The standard InChI is InChI=1S/C11H7ClF2NO/c1-6-4-7-2-3-8(16-11(13)14)9(12)10(7)15-5-6/h2-5,11H,1H2. The Balaban J connectivity index is 2.56. The zero-order valence-corrected chi connectivity index (χ0v) is 8.84. The van der Waals surface area contributed by atoms with Gasteiger partial charge in [0.1, 0.15) is 10.8 Å². The predicted molar refractivity (Wildman–Crippen MR) is 57.8 cm³/mol. The molecule has 0 atom stereocenters. The van der Waals surface area contributed by atoms with Crippen LogP contribution in [0.1, 0.15) is 5.56 Å². The van der Waals surface area contributed by atoms with Crippen LogP contribution in [0.2, 0.25) is 5.02 Å². The summed E-state index contributed by atoms with van der Waals surface area (Å²) in [7, 11) is 0. The molecular formula is C11H7ClF2NO. The summed E-state index contributed by atoms with van der Waals surface area (Å²) in [5, 5.41) is 0.817. The van der Waals surface area contributed by atoms with E-state index in [1.165, 1.54) is 12.3 Å². The van der Waals surface area contributed by atoms with Crippen LogP contribution in [-0.2, 0) is 0 Å². The Morgan fingerprint density at radius 1 is 1.38 bits per heavy atom. The van der Waals surface area contributed by atoms with Gasteiger partial charge in [0.05, 0.1) is 5.52 Å². The molecule has 0 fully saturated rings. The van der Waals surface area contributed by atoms with Crippen molar-refractivity contribution in [2.75, 3.05) is 0 Å². The Hall–Kier alpha value is -1.42. The summed E-state index contributed by atoms with van der Waals surface area (Å²) in [5.74, 6) is -0.0755. The highest BCUT2D eigenvalue weighted by Gasteiger charge is 2.11. The number of hydrogen-bond acceptors (Lipinski definition) is 2. The molecule has 1 aromatic carbocycles. The summed E-state index contributed by atoms with van der Waals surface area (Å²) >= 11 is 5.90. The number of hydrogen-bond donors (Lipinski definition) is 0. The second kappa shape index (κ2) is 4.22. The van der Waals surface area contributed by atoms with Crippen molar-refractivity contribution in [3.63, 3.8) is 0 Å². The monoisotopic (exact) mass is 242 g/mol. The van der Waals surface area contributed by atoms with Gasteiger partial charge in [-0.1, -0.05) is 11.6 Å². The molecule has 1 radical (unpaired) electrons. The highest BCUT2D eigenvalue weighted by atomic mass is 35.5. The van der Waals surface area contributed by atoms with Gasteiger partial charge in [-0.25, -0.2) is 0 Å². The third-order valence-electron chi connectivity index (χ3n) is 2.03. The second-order valence-corrected chi connectivity index (χ2v) is 3.55. The molecule has 0 aliphatic heterocycles. The Morgan fingerprint density at radius 3 is 2.81 bits per heavy atom. The maximum absolute atomic E-state index is 12.1. The average Bonchev–Trinajstić information content (AvgIpc) is 2.22. The van der Waals surface area contributed by atoms with E-state index in [1.807, 2.05) is 0 Å². The molecule has 1 aromatic heterocycles. The van der Waals surface area contributed by atoms with Gasteiger partial charge in [-0.2, -0.15) is 8.78 Å². The number of pyridine rings is 1. The summed E-state index contributed by atoms with van der Waals surface area (Å²) in [4.78, 5) is 4.03. The number of halogens is 3. The summed E-state index contributed by atoms with van der Waals surface area (Å²) in [5.41, 5.74) is 1.15. The van der Waals surface area contributed by atoms with Gasteiger partial charge >= 0.3 is 6.61 Å². The molecule has 83 valence electrons. The maximum atomic E-state index is 12.1. The van der Waals surface area contributed by atoms with Crippen LogP contribution in [0, 0.1) is 6.92 Å². The van der Waals surface area contributed by atoms with Gasteiger partial charge in [0.2, 0.25) is 0 Å². The Labute approximate surface area is 95.8 Å². The normalized spacial score (nSPS) is 11.1. The van der Waals surface area contributed by atoms with Crippen LogP contribution in [-0.4, -0.2) is 11.6 Å². The summed E-state index contributed by atoms with van der Waals surface area (Å²) in [6.45, 7) is 0.813. The van der Waals surface area contributed by atoms with Crippen LogP contribution in [0.25, 0.3) is 10.9 Å². The lowest BCUT2D eigenvalue weighted by Crippen LogP contribution is -2.02. The van der Waals surface area contributed by atoms with Crippen LogP contribution >= 0.6 is 11.6 Å².